The molecule has 0 aliphatic heterocycles. The number of hydrogen-bond donors (Lipinski definition) is 4. The van der Waals surface area contributed by atoms with E-state index in [0.29, 0.717) is 18.2 Å². The molecule has 0 fully saturated rings. The van der Waals surface area contributed by atoms with Gasteiger partial charge in [0.1, 0.15) is 11.6 Å². The molecule has 0 radical (unpaired) electrons. The Hall–Kier alpha value is -1.38. The van der Waals surface area contributed by atoms with Crippen molar-refractivity contribution < 1.29 is 8.42 Å². The van der Waals surface area contributed by atoms with Crippen LogP contribution >= 0.6 is 0 Å². The highest BCUT2D eigenvalue weighted by atomic mass is 32.2. The predicted molar refractivity (Wildman–Crippen MR) is 72.6 cm³/mol. The van der Waals surface area contributed by atoms with E-state index in [0.717, 1.165) is 6.26 Å². The minimum absolute atomic E-state index is 0.404. The van der Waals surface area contributed by atoms with Crippen LogP contribution in [0.5, 0.6) is 0 Å². The average molecular weight is 273 g/mol. The van der Waals surface area contributed by atoms with E-state index in [1.807, 2.05) is 0 Å². The molecule has 7 nitrogen and oxygen atoms in total. The van der Waals surface area contributed by atoms with Crippen LogP contribution in [-0.2, 0) is 10.0 Å². The Morgan fingerprint density at radius 1 is 1.33 bits per heavy atom. The van der Waals surface area contributed by atoms with Crippen LogP contribution < -0.4 is 21.3 Å². The maximum absolute atomic E-state index is 11.2. The van der Waals surface area contributed by atoms with E-state index in [9.17, 15) is 8.42 Å². The maximum atomic E-state index is 11.2. The third-order valence-corrected chi connectivity index (χ3v) is 2.99. The highest BCUT2D eigenvalue weighted by Gasteiger charge is 2.21. The molecule has 0 spiro atoms. The third kappa shape index (κ3) is 5.30. The summed E-state index contributed by atoms with van der Waals surface area (Å²) in [6.07, 6.45) is 1.13. The van der Waals surface area contributed by atoms with Crippen LogP contribution in [0, 0.1) is 0 Å². The quantitative estimate of drug-likeness (QED) is 0.432. The Labute approximate surface area is 107 Å². The van der Waals surface area contributed by atoms with Gasteiger partial charge in [-0.05, 0) is 26.0 Å². The monoisotopic (exact) mass is 273 g/mol. The fourth-order valence-electron chi connectivity index (χ4n) is 1.46. The molecule has 0 bridgehead atoms. The molecule has 1 aromatic rings. The summed E-state index contributed by atoms with van der Waals surface area (Å²) >= 11 is 0. The van der Waals surface area contributed by atoms with Gasteiger partial charge in [-0.3, -0.25) is 0 Å². The summed E-state index contributed by atoms with van der Waals surface area (Å²) in [5.74, 6) is 6.41. The normalized spacial score (nSPS) is 12.2. The zero-order valence-corrected chi connectivity index (χ0v) is 11.5. The second-order valence-corrected chi connectivity index (χ2v) is 6.41. The highest BCUT2D eigenvalue weighted by Crippen LogP contribution is 2.10. The van der Waals surface area contributed by atoms with Crippen LogP contribution in [0.15, 0.2) is 18.2 Å². The van der Waals surface area contributed by atoms with Crippen molar-refractivity contribution in [2.24, 2.45) is 5.84 Å². The Morgan fingerprint density at radius 2 is 1.94 bits per heavy atom. The number of rotatable bonds is 6. The molecule has 0 saturated heterocycles. The molecule has 1 rings (SSSR count). The second kappa shape index (κ2) is 5.51. The largest absolute Gasteiger partial charge is 0.368 e. The first kappa shape index (κ1) is 14.7. The Kier molecular flexibility index (Phi) is 4.49. The lowest BCUT2D eigenvalue weighted by Crippen LogP contribution is -2.47. The number of sulfonamides is 1. The third-order valence-electron chi connectivity index (χ3n) is 2.07. The zero-order chi connectivity index (χ0) is 13.8. The van der Waals surface area contributed by atoms with E-state index in [-0.39, 0.29) is 0 Å². The summed E-state index contributed by atoms with van der Waals surface area (Å²) in [7, 11) is -3.24. The van der Waals surface area contributed by atoms with Gasteiger partial charge in [0.15, 0.2) is 0 Å². The number of nitrogen functional groups attached to an aromatic ring is 1. The number of hydrazine groups is 1. The van der Waals surface area contributed by atoms with Gasteiger partial charge in [0.25, 0.3) is 0 Å². The van der Waals surface area contributed by atoms with Gasteiger partial charge in [0.05, 0.1) is 6.26 Å². The lowest BCUT2D eigenvalue weighted by molar-refractivity contribution is 0.476. The van der Waals surface area contributed by atoms with Crippen molar-refractivity contribution in [3.63, 3.8) is 0 Å². The number of nitrogens with two attached hydrogens (primary N) is 1. The first-order chi connectivity index (χ1) is 8.22. The van der Waals surface area contributed by atoms with Gasteiger partial charge in [-0.25, -0.2) is 24.0 Å². The fourth-order valence-corrected chi connectivity index (χ4v) is 2.54. The van der Waals surface area contributed by atoms with Gasteiger partial charge in [-0.2, -0.15) is 0 Å². The standard InChI is InChI=1S/C10H19N5O2S/c1-10(2,15-18(3,16)17)7-12-8-5-4-6-9(13-8)14-11/h4-6,15H,7,11H2,1-3H3,(H2,12,13,14). The van der Waals surface area contributed by atoms with E-state index in [2.05, 4.69) is 20.4 Å². The molecule has 18 heavy (non-hydrogen) atoms. The summed E-state index contributed by atoms with van der Waals surface area (Å²) in [5, 5.41) is 3.05. The fraction of sp³-hybridized carbons (Fsp3) is 0.500. The summed E-state index contributed by atoms with van der Waals surface area (Å²) in [5.41, 5.74) is 1.83. The van der Waals surface area contributed by atoms with Gasteiger partial charge >= 0.3 is 0 Å². The lowest BCUT2D eigenvalue weighted by atomic mass is 10.1. The molecule has 0 amide bonds. The number of pyridine rings is 1. The molecule has 0 aliphatic rings. The topological polar surface area (TPSA) is 109 Å². The van der Waals surface area contributed by atoms with E-state index >= 15 is 0 Å². The van der Waals surface area contributed by atoms with E-state index in [4.69, 9.17) is 5.84 Å². The Balaban J connectivity index is 2.63. The van der Waals surface area contributed by atoms with Crippen LogP contribution in [0.1, 0.15) is 13.8 Å². The second-order valence-electron chi connectivity index (χ2n) is 4.66. The lowest BCUT2D eigenvalue weighted by Gasteiger charge is -2.25. The molecule has 0 atom stereocenters. The molecular formula is C10H19N5O2S. The number of nitrogens with zero attached hydrogens (tertiary/aromatic N) is 1. The van der Waals surface area contributed by atoms with Gasteiger partial charge in [-0.15, -0.1) is 0 Å². The van der Waals surface area contributed by atoms with Crippen LogP contribution in [0.4, 0.5) is 11.6 Å². The van der Waals surface area contributed by atoms with Crippen molar-refractivity contribution >= 4 is 21.7 Å². The molecule has 5 N–H and O–H groups in total. The molecule has 0 aliphatic carbocycles. The van der Waals surface area contributed by atoms with Gasteiger partial charge in [0, 0.05) is 12.1 Å². The number of hydrogen-bond acceptors (Lipinski definition) is 6. The molecule has 1 aromatic heterocycles. The first-order valence-corrected chi connectivity index (χ1v) is 7.27. The first-order valence-electron chi connectivity index (χ1n) is 5.38. The van der Waals surface area contributed by atoms with E-state index in [1.54, 1.807) is 32.0 Å². The zero-order valence-electron chi connectivity index (χ0n) is 10.7. The summed E-state index contributed by atoms with van der Waals surface area (Å²) in [6.45, 7) is 3.97. The van der Waals surface area contributed by atoms with Crippen molar-refractivity contribution in [1.82, 2.24) is 9.71 Å². The highest BCUT2D eigenvalue weighted by molar-refractivity contribution is 7.88. The summed E-state index contributed by atoms with van der Waals surface area (Å²) in [6, 6.07) is 5.30. The van der Waals surface area contributed by atoms with Crippen molar-refractivity contribution in [2.45, 2.75) is 19.4 Å². The average Bonchev–Trinajstić information content (AvgIpc) is 2.24. The van der Waals surface area contributed by atoms with Crippen molar-refractivity contribution in [3.05, 3.63) is 18.2 Å². The molecule has 8 heteroatoms. The van der Waals surface area contributed by atoms with Gasteiger partial charge < -0.3 is 10.7 Å². The van der Waals surface area contributed by atoms with Crippen LogP contribution in [0.2, 0.25) is 0 Å². The minimum atomic E-state index is -3.24. The summed E-state index contributed by atoms with van der Waals surface area (Å²) in [4.78, 5) is 4.17. The number of nitrogens with one attached hydrogen (secondary N) is 3. The molecule has 0 unspecified atom stereocenters. The smallest absolute Gasteiger partial charge is 0.209 e. The Morgan fingerprint density at radius 3 is 2.50 bits per heavy atom. The van der Waals surface area contributed by atoms with E-state index < -0.39 is 15.6 Å². The van der Waals surface area contributed by atoms with Crippen LogP contribution in [0.3, 0.4) is 0 Å². The van der Waals surface area contributed by atoms with Crippen LogP contribution in [-0.4, -0.2) is 31.7 Å². The van der Waals surface area contributed by atoms with E-state index in [1.165, 1.54) is 0 Å². The molecule has 0 aromatic carbocycles. The predicted octanol–water partition coefficient (Wildman–Crippen LogP) is 0.107. The van der Waals surface area contributed by atoms with Gasteiger partial charge in [-0.1, -0.05) is 6.07 Å². The van der Waals surface area contributed by atoms with Crippen molar-refractivity contribution in [2.75, 3.05) is 23.5 Å². The number of anilines is 2. The molecule has 1 heterocycles. The Bertz CT molecular complexity index is 501. The molecule has 0 saturated carbocycles. The minimum Gasteiger partial charge on any atom is -0.368 e. The molecule has 102 valence electrons. The number of aromatic nitrogens is 1. The van der Waals surface area contributed by atoms with Gasteiger partial charge in [0.2, 0.25) is 10.0 Å². The van der Waals surface area contributed by atoms with Crippen LogP contribution in [0.25, 0.3) is 0 Å². The maximum Gasteiger partial charge on any atom is 0.209 e. The molecular weight excluding hydrogens is 254 g/mol. The SMILES string of the molecule is CC(C)(CNc1cccc(NN)n1)NS(C)(=O)=O. The summed E-state index contributed by atoms with van der Waals surface area (Å²) < 4.78 is 24.9. The van der Waals surface area contributed by atoms with Crippen molar-refractivity contribution in [3.8, 4) is 0 Å². The van der Waals surface area contributed by atoms with Crippen molar-refractivity contribution in [1.29, 1.82) is 0 Å².